The Morgan fingerprint density at radius 2 is 1.88 bits per heavy atom. The molecule has 2 aromatic carbocycles. The van der Waals surface area contributed by atoms with E-state index in [1.807, 2.05) is 25.1 Å². The van der Waals surface area contributed by atoms with Crippen LogP contribution in [0.3, 0.4) is 0 Å². The fourth-order valence-electron chi connectivity index (χ4n) is 2.16. The van der Waals surface area contributed by atoms with Crippen LogP contribution in [0.25, 0.3) is 6.08 Å². The molecule has 1 N–H and O–H groups in total. The van der Waals surface area contributed by atoms with Crippen LogP contribution in [-0.4, -0.2) is 12.1 Å². The predicted molar refractivity (Wildman–Crippen MR) is 104 cm³/mol. The normalized spacial score (nSPS) is 12.0. The number of halogens is 1. The van der Waals surface area contributed by atoms with Crippen LogP contribution >= 0.6 is 15.9 Å². The third-order valence-corrected chi connectivity index (χ3v) is 4.01. The number of amides is 1. The number of benzene rings is 2. The van der Waals surface area contributed by atoms with Crippen LogP contribution in [0.4, 0.5) is 0 Å². The second-order valence-electron chi connectivity index (χ2n) is 5.92. The number of hydrogen-bond donors (Lipinski definition) is 1. The molecule has 4 heteroatoms. The molecule has 0 fully saturated rings. The van der Waals surface area contributed by atoms with E-state index < -0.39 is 0 Å². The number of allylic oxidation sites excluding steroid dienone is 1. The molecule has 0 saturated carbocycles. The van der Waals surface area contributed by atoms with Crippen molar-refractivity contribution in [3.63, 3.8) is 0 Å². The highest BCUT2D eigenvalue weighted by atomic mass is 79.9. The number of nitrogens with one attached hydrogen (secondary N) is 1. The number of nitrogens with zero attached hydrogens (tertiary/aromatic N) is 1. The summed E-state index contributed by atoms with van der Waals surface area (Å²) >= 11 is 3.35. The lowest BCUT2D eigenvalue weighted by molar-refractivity contribution is 0.0955. The highest BCUT2D eigenvalue weighted by Crippen LogP contribution is 2.16. The summed E-state index contributed by atoms with van der Waals surface area (Å²) in [6, 6.07) is 15.6. The van der Waals surface area contributed by atoms with Gasteiger partial charge in [0.2, 0.25) is 0 Å². The quantitative estimate of drug-likeness (QED) is 0.544. The van der Waals surface area contributed by atoms with E-state index in [4.69, 9.17) is 0 Å². The van der Waals surface area contributed by atoms with Crippen LogP contribution in [0.5, 0.6) is 0 Å². The Morgan fingerprint density at radius 3 is 2.50 bits per heavy atom. The molecule has 0 atom stereocenters. The molecule has 0 radical (unpaired) electrons. The van der Waals surface area contributed by atoms with E-state index in [2.05, 4.69) is 64.6 Å². The molecule has 0 bridgehead atoms. The maximum absolute atomic E-state index is 12.0. The number of carbonyl (C=O) groups excluding carboxylic acids is 1. The van der Waals surface area contributed by atoms with Crippen molar-refractivity contribution >= 4 is 34.1 Å². The Hall–Kier alpha value is -2.20. The highest BCUT2D eigenvalue weighted by Gasteiger charge is 2.03. The van der Waals surface area contributed by atoms with Crippen LogP contribution in [0, 0.1) is 0 Å². The van der Waals surface area contributed by atoms with E-state index >= 15 is 0 Å². The summed E-state index contributed by atoms with van der Waals surface area (Å²) in [4.78, 5) is 12.0. The summed E-state index contributed by atoms with van der Waals surface area (Å²) in [5.41, 5.74) is 6.49. The monoisotopic (exact) mass is 384 g/mol. The summed E-state index contributed by atoms with van der Waals surface area (Å²) in [5.74, 6) is 0.292. The predicted octanol–water partition coefficient (Wildman–Crippen LogP) is 5.39. The minimum atomic E-state index is -0.235. The lowest BCUT2D eigenvalue weighted by atomic mass is 10.0. The zero-order valence-electron chi connectivity index (χ0n) is 14.1. The van der Waals surface area contributed by atoms with Gasteiger partial charge >= 0.3 is 0 Å². The first-order valence-corrected chi connectivity index (χ1v) is 8.62. The Labute approximate surface area is 151 Å². The second kappa shape index (κ2) is 8.60. The molecule has 3 nitrogen and oxygen atoms in total. The second-order valence-corrected chi connectivity index (χ2v) is 6.83. The van der Waals surface area contributed by atoms with Crippen molar-refractivity contribution in [1.82, 2.24) is 5.43 Å². The van der Waals surface area contributed by atoms with E-state index in [-0.39, 0.29) is 5.91 Å². The van der Waals surface area contributed by atoms with Crippen LogP contribution in [-0.2, 0) is 0 Å². The van der Waals surface area contributed by atoms with E-state index in [1.54, 1.807) is 18.3 Å². The summed E-state index contributed by atoms with van der Waals surface area (Å²) < 4.78 is 0.861. The lowest BCUT2D eigenvalue weighted by Crippen LogP contribution is -2.17. The van der Waals surface area contributed by atoms with Gasteiger partial charge in [-0.25, -0.2) is 5.43 Å². The van der Waals surface area contributed by atoms with Crippen LogP contribution < -0.4 is 5.43 Å². The van der Waals surface area contributed by atoms with Crippen molar-refractivity contribution in [3.8, 4) is 0 Å². The fraction of sp³-hybridized carbons (Fsp3) is 0.200. The largest absolute Gasteiger partial charge is 0.271 e. The molecule has 124 valence electrons. The van der Waals surface area contributed by atoms with Gasteiger partial charge < -0.3 is 0 Å². The Bertz CT molecular complexity index is 761. The van der Waals surface area contributed by atoms with Crippen molar-refractivity contribution in [2.45, 2.75) is 26.7 Å². The molecular formula is C20H21BrN2O. The molecule has 0 aliphatic heterocycles. The average molecular weight is 385 g/mol. The minimum Gasteiger partial charge on any atom is -0.267 e. The standard InChI is InChI=1S/C20H21BrN2O/c1-14(2)17-9-7-16(8-10-17)11-15(3)13-22-23-20(24)18-5-4-6-19(21)12-18/h4-14H,1-3H3,(H,23,24). The van der Waals surface area contributed by atoms with Gasteiger partial charge in [-0.1, -0.05) is 66.2 Å². The van der Waals surface area contributed by atoms with Gasteiger partial charge in [-0.3, -0.25) is 4.79 Å². The molecule has 1 amide bonds. The first-order chi connectivity index (χ1) is 11.5. The number of hydrogen-bond acceptors (Lipinski definition) is 2. The number of hydrazone groups is 1. The zero-order chi connectivity index (χ0) is 17.5. The Balaban J connectivity index is 1.96. The molecule has 0 heterocycles. The Kier molecular flexibility index (Phi) is 6.50. The molecule has 0 unspecified atom stereocenters. The van der Waals surface area contributed by atoms with E-state index in [0.29, 0.717) is 11.5 Å². The fourth-order valence-corrected chi connectivity index (χ4v) is 2.56. The van der Waals surface area contributed by atoms with Crippen molar-refractivity contribution in [2.24, 2.45) is 5.10 Å². The molecule has 2 rings (SSSR count). The van der Waals surface area contributed by atoms with Crippen LogP contribution in [0.2, 0.25) is 0 Å². The van der Waals surface area contributed by atoms with Crippen LogP contribution in [0.15, 0.2) is 63.7 Å². The third-order valence-electron chi connectivity index (χ3n) is 3.52. The van der Waals surface area contributed by atoms with Gasteiger partial charge in [0.1, 0.15) is 0 Å². The molecule has 0 aliphatic rings. The van der Waals surface area contributed by atoms with E-state index in [9.17, 15) is 4.79 Å². The molecule has 2 aromatic rings. The van der Waals surface area contributed by atoms with Gasteiger partial charge in [0.15, 0.2) is 0 Å². The molecule has 0 aromatic heterocycles. The van der Waals surface area contributed by atoms with Crippen LogP contribution in [0.1, 0.15) is 48.2 Å². The first-order valence-electron chi connectivity index (χ1n) is 7.83. The summed E-state index contributed by atoms with van der Waals surface area (Å²) in [7, 11) is 0. The van der Waals surface area contributed by atoms with Gasteiger partial charge in [-0.05, 0) is 47.7 Å². The van der Waals surface area contributed by atoms with Crippen molar-refractivity contribution in [3.05, 3.63) is 75.3 Å². The molecular weight excluding hydrogens is 364 g/mol. The third kappa shape index (κ3) is 5.46. The number of rotatable bonds is 5. The summed E-state index contributed by atoms with van der Waals surface area (Å²) in [5, 5.41) is 4.01. The molecule has 0 aliphatic carbocycles. The summed E-state index contributed by atoms with van der Waals surface area (Å²) in [6.07, 6.45) is 3.67. The van der Waals surface area contributed by atoms with Crippen molar-refractivity contribution in [2.75, 3.05) is 0 Å². The van der Waals surface area contributed by atoms with Crippen molar-refractivity contribution < 1.29 is 4.79 Å². The van der Waals surface area contributed by atoms with Gasteiger partial charge in [0, 0.05) is 10.0 Å². The van der Waals surface area contributed by atoms with Gasteiger partial charge in [0.25, 0.3) is 5.91 Å². The maximum atomic E-state index is 12.0. The smallest absolute Gasteiger partial charge is 0.267 e. The topological polar surface area (TPSA) is 41.5 Å². The lowest BCUT2D eigenvalue weighted by Gasteiger charge is -2.05. The van der Waals surface area contributed by atoms with Gasteiger partial charge in [-0.2, -0.15) is 5.10 Å². The van der Waals surface area contributed by atoms with Crippen molar-refractivity contribution in [1.29, 1.82) is 0 Å². The number of carbonyl (C=O) groups is 1. The molecule has 0 saturated heterocycles. The highest BCUT2D eigenvalue weighted by molar-refractivity contribution is 9.10. The molecule has 0 spiro atoms. The zero-order valence-corrected chi connectivity index (χ0v) is 15.7. The Morgan fingerprint density at radius 1 is 1.17 bits per heavy atom. The van der Waals surface area contributed by atoms with Gasteiger partial charge in [0.05, 0.1) is 6.21 Å². The summed E-state index contributed by atoms with van der Waals surface area (Å²) in [6.45, 7) is 6.30. The van der Waals surface area contributed by atoms with Gasteiger partial charge in [-0.15, -0.1) is 0 Å². The SMILES string of the molecule is CC(C=NNC(=O)c1cccc(Br)c1)=Cc1ccc(C(C)C)cc1. The maximum Gasteiger partial charge on any atom is 0.271 e. The van der Waals surface area contributed by atoms with E-state index in [0.717, 1.165) is 15.6 Å². The first kappa shape index (κ1) is 18.1. The molecule has 24 heavy (non-hydrogen) atoms. The van der Waals surface area contributed by atoms with E-state index in [1.165, 1.54) is 5.56 Å². The minimum absolute atomic E-state index is 0.235. The average Bonchev–Trinajstić information content (AvgIpc) is 2.55.